The van der Waals surface area contributed by atoms with Gasteiger partial charge >= 0.3 is 0 Å². The molecule has 8 heteroatoms. The number of likely N-dealkylation sites (N-methyl/N-ethyl adjacent to an activating group) is 1. The second kappa shape index (κ2) is 8.79. The van der Waals surface area contributed by atoms with Crippen LogP contribution in [0.15, 0.2) is 59.5 Å². The van der Waals surface area contributed by atoms with Crippen LogP contribution in [0.3, 0.4) is 0 Å². The van der Waals surface area contributed by atoms with Crippen LogP contribution in [0.1, 0.15) is 25.5 Å². The molecule has 0 bridgehead atoms. The van der Waals surface area contributed by atoms with E-state index < -0.39 is 15.9 Å². The topological polar surface area (TPSA) is 95.6 Å². The molecule has 2 rings (SSSR count). The van der Waals surface area contributed by atoms with Crippen LogP contribution in [-0.2, 0) is 19.6 Å². The van der Waals surface area contributed by atoms with Crippen molar-refractivity contribution in [3.8, 4) is 0 Å². The van der Waals surface area contributed by atoms with Crippen LogP contribution in [0.4, 0.5) is 5.69 Å². The summed E-state index contributed by atoms with van der Waals surface area (Å²) in [6.07, 6.45) is 0. The molecule has 0 aliphatic rings. The van der Waals surface area contributed by atoms with Gasteiger partial charge in [-0.3, -0.25) is 9.59 Å². The van der Waals surface area contributed by atoms with E-state index in [-0.39, 0.29) is 23.4 Å². The van der Waals surface area contributed by atoms with Crippen molar-refractivity contribution >= 4 is 27.5 Å². The second-order valence-electron chi connectivity index (χ2n) is 6.17. The SMILES string of the molecule is CC(=O)Nc1cccc(C(C)NC(=O)CN(C)S(=O)(=O)c2ccccc2)c1. The van der Waals surface area contributed by atoms with Gasteiger partial charge in [-0.25, -0.2) is 8.42 Å². The minimum atomic E-state index is -3.73. The molecule has 2 N–H and O–H groups in total. The van der Waals surface area contributed by atoms with E-state index in [0.29, 0.717) is 5.69 Å². The standard InChI is InChI=1S/C19H23N3O4S/c1-14(16-8-7-9-17(12-16)21-15(2)23)20-19(24)13-22(3)27(25,26)18-10-5-4-6-11-18/h4-12,14H,13H2,1-3H3,(H,20,24)(H,21,23). The molecule has 0 saturated heterocycles. The van der Waals surface area contributed by atoms with Crippen molar-refractivity contribution in [2.24, 2.45) is 0 Å². The number of nitrogens with one attached hydrogen (secondary N) is 2. The summed E-state index contributed by atoms with van der Waals surface area (Å²) in [5, 5.41) is 5.46. The molecule has 2 amide bonds. The van der Waals surface area contributed by atoms with Crippen LogP contribution >= 0.6 is 0 Å². The lowest BCUT2D eigenvalue weighted by Crippen LogP contribution is -2.39. The van der Waals surface area contributed by atoms with Gasteiger partial charge in [0.1, 0.15) is 0 Å². The van der Waals surface area contributed by atoms with E-state index in [1.165, 1.54) is 26.1 Å². The Bertz CT molecular complexity index is 914. The third-order valence-corrected chi connectivity index (χ3v) is 5.72. The fraction of sp³-hybridized carbons (Fsp3) is 0.263. The first-order valence-electron chi connectivity index (χ1n) is 8.38. The summed E-state index contributed by atoms with van der Waals surface area (Å²) < 4.78 is 26.0. The number of hydrogen-bond donors (Lipinski definition) is 2. The largest absolute Gasteiger partial charge is 0.348 e. The molecule has 1 atom stereocenters. The molecule has 0 spiro atoms. The van der Waals surface area contributed by atoms with Gasteiger partial charge in [0.2, 0.25) is 21.8 Å². The molecule has 2 aromatic rings. The summed E-state index contributed by atoms with van der Waals surface area (Å²) in [5.74, 6) is -0.606. The zero-order valence-corrected chi connectivity index (χ0v) is 16.3. The van der Waals surface area contributed by atoms with E-state index in [9.17, 15) is 18.0 Å². The molecular weight excluding hydrogens is 366 g/mol. The van der Waals surface area contributed by atoms with Crippen LogP contribution < -0.4 is 10.6 Å². The van der Waals surface area contributed by atoms with Gasteiger partial charge in [-0.1, -0.05) is 30.3 Å². The van der Waals surface area contributed by atoms with Crippen molar-refractivity contribution in [2.75, 3.05) is 18.9 Å². The van der Waals surface area contributed by atoms with Crippen LogP contribution in [0.2, 0.25) is 0 Å². The summed E-state index contributed by atoms with van der Waals surface area (Å²) in [6.45, 7) is 2.91. The van der Waals surface area contributed by atoms with Crippen molar-refractivity contribution in [1.82, 2.24) is 9.62 Å². The second-order valence-corrected chi connectivity index (χ2v) is 8.21. The normalized spacial score (nSPS) is 12.4. The highest BCUT2D eigenvalue weighted by molar-refractivity contribution is 7.89. The summed E-state index contributed by atoms with van der Waals surface area (Å²) in [4.78, 5) is 23.6. The molecule has 0 aliphatic carbocycles. The molecule has 0 aromatic heterocycles. The Morgan fingerprint density at radius 2 is 1.74 bits per heavy atom. The van der Waals surface area contributed by atoms with Gasteiger partial charge in [-0.15, -0.1) is 0 Å². The Morgan fingerprint density at radius 1 is 1.07 bits per heavy atom. The summed E-state index contributed by atoms with van der Waals surface area (Å²) in [7, 11) is -2.36. The Balaban J connectivity index is 2.01. The Kier molecular flexibility index (Phi) is 6.70. The molecule has 2 aromatic carbocycles. The smallest absolute Gasteiger partial charge is 0.243 e. The highest BCUT2D eigenvalue weighted by atomic mass is 32.2. The molecule has 0 fully saturated rings. The maximum atomic E-state index is 12.5. The average Bonchev–Trinajstić information content (AvgIpc) is 2.62. The van der Waals surface area contributed by atoms with Gasteiger partial charge in [0.15, 0.2) is 0 Å². The van der Waals surface area contributed by atoms with E-state index in [1.54, 1.807) is 43.3 Å². The van der Waals surface area contributed by atoms with Crippen molar-refractivity contribution in [3.05, 3.63) is 60.2 Å². The molecule has 0 aliphatic heterocycles. The number of anilines is 1. The first-order valence-corrected chi connectivity index (χ1v) is 9.82. The van der Waals surface area contributed by atoms with Gasteiger partial charge in [0.25, 0.3) is 0 Å². The van der Waals surface area contributed by atoms with Crippen molar-refractivity contribution < 1.29 is 18.0 Å². The molecule has 27 heavy (non-hydrogen) atoms. The van der Waals surface area contributed by atoms with Gasteiger partial charge in [0, 0.05) is 19.7 Å². The van der Waals surface area contributed by atoms with E-state index in [4.69, 9.17) is 0 Å². The van der Waals surface area contributed by atoms with Crippen LogP contribution in [-0.4, -0.2) is 38.1 Å². The fourth-order valence-electron chi connectivity index (χ4n) is 2.52. The first-order chi connectivity index (χ1) is 12.7. The Hall–Kier alpha value is -2.71. The zero-order valence-electron chi connectivity index (χ0n) is 15.5. The number of amides is 2. The number of hydrogen-bond acceptors (Lipinski definition) is 4. The molecule has 0 radical (unpaired) electrons. The lowest BCUT2D eigenvalue weighted by molar-refractivity contribution is -0.121. The lowest BCUT2D eigenvalue weighted by atomic mass is 10.1. The predicted octanol–water partition coefficient (Wildman–Crippen LogP) is 2.14. The van der Waals surface area contributed by atoms with E-state index >= 15 is 0 Å². The molecule has 7 nitrogen and oxygen atoms in total. The highest BCUT2D eigenvalue weighted by Crippen LogP contribution is 2.18. The van der Waals surface area contributed by atoms with Crippen molar-refractivity contribution in [2.45, 2.75) is 24.8 Å². The number of nitrogens with zero attached hydrogens (tertiary/aromatic N) is 1. The van der Waals surface area contributed by atoms with Crippen molar-refractivity contribution in [3.63, 3.8) is 0 Å². The molecular formula is C19H23N3O4S. The van der Waals surface area contributed by atoms with Gasteiger partial charge < -0.3 is 10.6 Å². The zero-order chi connectivity index (χ0) is 20.0. The quantitative estimate of drug-likeness (QED) is 0.758. The lowest BCUT2D eigenvalue weighted by Gasteiger charge is -2.20. The average molecular weight is 389 g/mol. The predicted molar refractivity (Wildman–Crippen MR) is 104 cm³/mol. The molecule has 144 valence electrons. The number of benzene rings is 2. The monoisotopic (exact) mass is 389 g/mol. The Labute approximate surface area is 159 Å². The van der Waals surface area contributed by atoms with Gasteiger partial charge in [0.05, 0.1) is 17.5 Å². The van der Waals surface area contributed by atoms with Crippen LogP contribution in [0.25, 0.3) is 0 Å². The maximum Gasteiger partial charge on any atom is 0.243 e. The molecule has 0 heterocycles. The number of carbonyl (C=O) groups is 2. The van der Waals surface area contributed by atoms with Crippen LogP contribution in [0.5, 0.6) is 0 Å². The molecule has 1 unspecified atom stereocenters. The third kappa shape index (κ3) is 5.63. The summed E-state index contributed by atoms with van der Waals surface area (Å²) in [6, 6.07) is 14.7. The number of sulfonamides is 1. The van der Waals surface area contributed by atoms with E-state index in [0.717, 1.165) is 9.87 Å². The van der Waals surface area contributed by atoms with Crippen molar-refractivity contribution in [1.29, 1.82) is 0 Å². The number of carbonyl (C=O) groups excluding carboxylic acids is 2. The van der Waals surface area contributed by atoms with Crippen LogP contribution in [0, 0.1) is 0 Å². The third-order valence-electron chi connectivity index (χ3n) is 3.90. The first kappa shape index (κ1) is 20.6. The maximum absolute atomic E-state index is 12.5. The summed E-state index contributed by atoms with van der Waals surface area (Å²) >= 11 is 0. The van der Waals surface area contributed by atoms with E-state index in [1.807, 2.05) is 6.07 Å². The summed E-state index contributed by atoms with van der Waals surface area (Å²) in [5.41, 5.74) is 1.42. The minimum absolute atomic E-state index is 0.136. The fourth-order valence-corrected chi connectivity index (χ4v) is 3.67. The van der Waals surface area contributed by atoms with Gasteiger partial charge in [-0.2, -0.15) is 4.31 Å². The minimum Gasteiger partial charge on any atom is -0.348 e. The van der Waals surface area contributed by atoms with E-state index in [2.05, 4.69) is 10.6 Å². The Morgan fingerprint density at radius 3 is 2.37 bits per heavy atom. The number of rotatable bonds is 7. The van der Waals surface area contributed by atoms with Gasteiger partial charge in [-0.05, 0) is 36.8 Å². The highest BCUT2D eigenvalue weighted by Gasteiger charge is 2.23. The molecule has 0 saturated carbocycles.